The van der Waals surface area contributed by atoms with Crippen LogP contribution >= 0.6 is 0 Å². The lowest BCUT2D eigenvalue weighted by molar-refractivity contribution is -0.00565. The molecule has 1 saturated carbocycles. The molecular formula is C18H29NO. The van der Waals surface area contributed by atoms with Gasteiger partial charge in [-0.05, 0) is 43.2 Å². The van der Waals surface area contributed by atoms with Crippen LogP contribution in [0.25, 0.3) is 0 Å². The summed E-state index contributed by atoms with van der Waals surface area (Å²) < 4.78 is 6.18. The van der Waals surface area contributed by atoms with Crippen molar-refractivity contribution in [3.05, 3.63) is 35.9 Å². The molecule has 0 radical (unpaired) electrons. The van der Waals surface area contributed by atoms with Gasteiger partial charge in [-0.3, -0.25) is 0 Å². The van der Waals surface area contributed by atoms with Crippen molar-refractivity contribution >= 4 is 0 Å². The van der Waals surface area contributed by atoms with E-state index in [4.69, 9.17) is 4.74 Å². The maximum atomic E-state index is 6.18. The Morgan fingerprint density at radius 2 is 1.85 bits per heavy atom. The summed E-state index contributed by atoms with van der Waals surface area (Å²) in [5.41, 5.74) is 1.84. The van der Waals surface area contributed by atoms with Crippen molar-refractivity contribution in [1.29, 1.82) is 0 Å². The molecule has 2 rings (SSSR count). The Labute approximate surface area is 123 Å². The van der Waals surface area contributed by atoms with Crippen molar-refractivity contribution in [3.8, 4) is 0 Å². The minimum Gasteiger partial charge on any atom is -0.376 e. The molecule has 1 aromatic rings. The summed E-state index contributed by atoms with van der Waals surface area (Å²) in [4.78, 5) is 0. The molecule has 2 nitrogen and oxygen atoms in total. The minimum absolute atomic E-state index is 0.316. The lowest BCUT2D eigenvalue weighted by Gasteiger charge is -2.34. The van der Waals surface area contributed by atoms with Crippen molar-refractivity contribution in [2.75, 3.05) is 13.2 Å². The van der Waals surface area contributed by atoms with Crippen LogP contribution in [0.3, 0.4) is 0 Å². The lowest BCUT2D eigenvalue weighted by atomic mass is 9.76. The summed E-state index contributed by atoms with van der Waals surface area (Å²) in [6, 6.07) is 10.9. The molecule has 0 saturated heterocycles. The van der Waals surface area contributed by atoms with E-state index >= 15 is 0 Å². The van der Waals surface area contributed by atoms with Crippen molar-refractivity contribution < 1.29 is 4.74 Å². The fraction of sp³-hybridized carbons (Fsp3) is 0.667. The van der Waals surface area contributed by atoms with E-state index in [1.807, 2.05) is 0 Å². The quantitative estimate of drug-likeness (QED) is 0.834. The smallest absolute Gasteiger partial charge is 0.0665 e. The Balaban J connectivity index is 1.84. The van der Waals surface area contributed by atoms with Gasteiger partial charge in [-0.25, -0.2) is 0 Å². The number of likely N-dealkylation sites (N-methyl/N-ethyl adjacent to an activating group) is 1. The third-order valence-corrected chi connectivity index (χ3v) is 4.44. The molecule has 1 unspecified atom stereocenters. The molecule has 0 aromatic heterocycles. The Kier molecular flexibility index (Phi) is 5.62. The summed E-state index contributed by atoms with van der Waals surface area (Å²) in [6.07, 6.45) is 5.44. The van der Waals surface area contributed by atoms with Crippen molar-refractivity contribution in [2.45, 2.75) is 58.6 Å². The second-order valence-corrected chi connectivity index (χ2v) is 6.72. The molecule has 0 bridgehead atoms. The molecule has 1 aliphatic rings. The zero-order valence-corrected chi connectivity index (χ0v) is 13.2. The van der Waals surface area contributed by atoms with Crippen LogP contribution in [0.5, 0.6) is 0 Å². The van der Waals surface area contributed by atoms with Crippen LogP contribution in [0, 0.1) is 5.41 Å². The monoisotopic (exact) mass is 275 g/mol. The van der Waals surface area contributed by atoms with Crippen LogP contribution in [0.4, 0.5) is 0 Å². The number of rotatable bonds is 6. The fourth-order valence-corrected chi connectivity index (χ4v) is 2.98. The van der Waals surface area contributed by atoms with Crippen molar-refractivity contribution in [2.24, 2.45) is 5.41 Å². The van der Waals surface area contributed by atoms with Gasteiger partial charge in [0, 0.05) is 0 Å². The third-order valence-electron chi connectivity index (χ3n) is 4.44. The molecule has 1 aromatic carbocycles. The van der Waals surface area contributed by atoms with Gasteiger partial charge in [-0.15, -0.1) is 0 Å². The Morgan fingerprint density at radius 3 is 2.45 bits per heavy atom. The highest BCUT2D eigenvalue weighted by Crippen LogP contribution is 2.36. The lowest BCUT2D eigenvalue weighted by Crippen LogP contribution is -2.31. The highest BCUT2D eigenvalue weighted by Gasteiger charge is 2.27. The topological polar surface area (TPSA) is 21.3 Å². The Morgan fingerprint density at radius 1 is 1.20 bits per heavy atom. The first-order chi connectivity index (χ1) is 9.61. The second kappa shape index (κ2) is 7.24. The van der Waals surface area contributed by atoms with Crippen LogP contribution in [0.15, 0.2) is 30.3 Å². The fourth-order valence-electron chi connectivity index (χ4n) is 2.98. The molecule has 1 aliphatic carbocycles. The summed E-state index contributed by atoms with van der Waals surface area (Å²) in [6.45, 7) is 8.64. The van der Waals surface area contributed by atoms with Gasteiger partial charge >= 0.3 is 0 Å². The van der Waals surface area contributed by atoms with Gasteiger partial charge in [0.15, 0.2) is 0 Å². The van der Waals surface area contributed by atoms with Crippen LogP contribution in [0.2, 0.25) is 0 Å². The van der Waals surface area contributed by atoms with Gasteiger partial charge < -0.3 is 10.1 Å². The van der Waals surface area contributed by atoms with Crippen LogP contribution < -0.4 is 5.32 Å². The predicted molar refractivity (Wildman–Crippen MR) is 84.8 cm³/mol. The average molecular weight is 275 g/mol. The molecule has 1 fully saturated rings. The van der Waals surface area contributed by atoms with E-state index in [0.717, 1.165) is 13.2 Å². The molecule has 0 heterocycles. The van der Waals surface area contributed by atoms with Crippen LogP contribution in [0.1, 0.15) is 58.1 Å². The van der Waals surface area contributed by atoms with E-state index in [9.17, 15) is 0 Å². The molecule has 2 heteroatoms. The normalized spacial score (nSPS) is 20.8. The molecule has 0 aliphatic heterocycles. The highest BCUT2D eigenvalue weighted by molar-refractivity contribution is 5.18. The molecule has 1 atom stereocenters. The first kappa shape index (κ1) is 15.5. The number of hydrogen-bond donors (Lipinski definition) is 1. The van der Waals surface area contributed by atoms with Gasteiger partial charge in [0.1, 0.15) is 0 Å². The second-order valence-electron chi connectivity index (χ2n) is 6.72. The predicted octanol–water partition coefficient (Wildman–Crippen LogP) is 4.32. The highest BCUT2D eigenvalue weighted by atomic mass is 16.5. The Hall–Kier alpha value is -0.860. The summed E-state index contributed by atoms with van der Waals surface area (Å²) in [5, 5.41) is 3.53. The van der Waals surface area contributed by atoms with Crippen molar-refractivity contribution in [3.63, 3.8) is 0 Å². The van der Waals surface area contributed by atoms with Gasteiger partial charge in [-0.2, -0.15) is 0 Å². The summed E-state index contributed by atoms with van der Waals surface area (Å²) in [7, 11) is 0. The van der Waals surface area contributed by atoms with Crippen LogP contribution in [-0.4, -0.2) is 19.3 Å². The van der Waals surface area contributed by atoms with E-state index < -0.39 is 0 Å². The maximum Gasteiger partial charge on any atom is 0.0665 e. The van der Waals surface area contributed by atoms with Gasteiger partial charge in [0.2, 0.25) is 0 Å². The maximum absolute atomic E-state index is 6.18. The van der Waals surface area contributed by atoms with E-state index in [1.165, 1.54) is 31.2 Å². The van der Waals surface area contributed by atoms with Gasteiger partial charge in [0.25, 0.3) is 0 Å². The molecule has 0 amide bonds. The van der Waals surface area contributed by atoms with Crippen LogP contribution in [-0.2, 0) is 4.74 Å². The molecular weight excluding hydrogens is 246 g/mol. The third kappa shape index (κ3) is 4.60. The largest absolute Gasteiger partial charge is 0.376 e. The standard InChI is InChI=1S/C18H29NO/c1-4-19-17(15-8-6-5-7-9-15)14-20-16-10-12-18(2,3)13-11-16/h5-9,16-17,19H,4,10-14H2,1-3H3. The molecule has 112 valence electrons. The van der Waals surface area contributed by atoms with Crippen molar-refractivity contribution in [1.82, 2.24) is 5.32 Å². The molecule has 20 heavy (non-hydrogen) atoms. The zero-order valence-electron chi connectivity index (χ0n) is 13.2. The molecule has 1 N–H and O–H groups in total. The number of ether oxygens (including phenoxy) is 1. The first-order valence-electron chi connectivity index (χ1n) is 8.00. The number of nitrogens with one attached hydrogen (secondary N) is 1. The Bertz CT molecular complexity index is 378. The summed E-state index contributed by atoms with van der Waals surface area (Å²) >= 11 is 0. The first-order valence-corrected chi connectivity index (χ1v) is 8.00. The summed E-state index contributed by atoms with van der Waals surface area (Å²) in [5.74, 6) is 0. The number of hydrogen-bond acceptors (Lipinski definition) is 2. The van der Waals surface area contributed by atoms with Gasteiger partial charge in [-0.1, -0.05) is 51.1 Å². The average Bonchev–Trinajstić information content (AvgIpc) is 2.45. The van der Waals surface area contributed by atoms with E-state index in [0.29, 0.717) is 17.6 Å². The van der Waals surface area contributed by atoms with E-state index in [2.05, 4.69) is 56.4 Å². The van der Waals surface area contributed by atoms with Gasteiger partial charge in [0.05, 0.1) is 18.8 Å². The minimum atomic E-state index is 0.316. The van der Waals surface area contributed by atoms with E-state index in [-0.39, 0.29) is 0 Å². The SMILES string of the molecule is CCNC(COC1CCC(C)(C)CC1)c1ccccc1. The number of benzene rings is 1. The zero-order chi connectivity index (χ0) is 14.4. The molecule has 0 spiro atoms. The van der Waals surface area contributed by atoms with E-state index in [1.54, 1.807) is 0 Å².